The van der Waals surface area contributed by atoms with E-state index in [1.54, 1.807) is 6.92 Å². The van der Waals surface area contributed by atoms with Crippen LogP contribution in [0.3, 0.4) is 0 Å². The van der Waals surface area contributed by atoms with Crippen LogP contribution in [0.15, 0.2) is 0 Å². The molecule has 0 aromatic carbocycles. The molecule has 1 rings (SSSR count). The summed E-state index contributed by atoms with van der Waals surface area (Å²) in [5.74, 6) is -1.07. The average molecular weight is 215 g/mol. The first-order valence-corrected chi connectivity index (χ1v) is 5.17. The third-order valence-corrected chi connectivity index (χ3v) is 2.35. The third-order valence-electron chi connectivity index (χ3n) is 2.35. The highest BCUT2D eigenvalue weighted by atomic mass is 16.5. The van der Waals surface area contributed by atoms with E-state index in [4.69, 9.17) is 9.84 Å². The van der Waals surface area contributed by atoms with Crippen molar-refractivity contribution >= 4 is 11.9 Å². The van der Waals surface area contributed by atoms with Crippen LogP contribution in [0.1, 0.15) is 26.2 Å². The Morgan fingerprint density at radius 2 is 2.27 bits per heavy atom. The molecule has 15 heavy (non-hydrogen) atoms. The zero-order valence-corrected chi connectivity index (χ0v) is 8.86. The summed E-state index contributed by atoms with van der Waals surface area (Å²) in [4.78, 5) is 21.8. The van der Waals surface area contributed by atoms with Gasteiger partial charge in [0.15, 0.2) is 0 Å². The van der Waals surface area contributed by atoms with Gasteiger partial charge in [-0.15, -0.1) is 0 Å². The van der Waals surface area contributed by atoms with Crippen molar-refractivity contribution in [3.8, 4) is 0 Å². The quantitative estimate of drug-likeness (QED) is 0.695. The fraction of sp³-hybridized carbons (Fsp3) is 0.800. The Kier molecular flexibility index (Phi) is 4.55. The number of hydrogen-bond donors (Lipinski definition) is 2. The molecule has 86 valence electrons. The van der Waals surface area contributed by atoms with Gasteiger partial charge in [0.05, 0.1) is 12.6 Å². The second kappa shape index (κ2) is 5.70. The lowest BCUT2D eigenvalue weighted by Gasteiger charge is -2.12. The summed E-state index contributed by atoms with van der Waals surface area (Å²) in [6.45, 7) is 3.02. The average Bonchev–Trinajstić information content (AvgIpc) is 2.53. The van der Waals surface area contributed by atoms with Crippen LogP contribution in [0.25, 0.3) is 0 Å². The van der Waals surface area contributed by atoms with Crippen molar-refractivity contribution in [1.82, 2.24) is 5.32 Å². The number of nitrogens with one attached hydrogen (secondary N) is 1. The van der Waals surface area contributed by atoms with Crippen molar-refractivity contribution in [2.24, 2.45) is 5.92 Å². The highest BCUT2D eigenvalue weighted by molar-refractivity contribution is 5.77. The van der Waals surface area contributed by atoms with Gasteiger partial charge in [-0.25, -0.2) is 0 Å². The number of ether oxygens (including phenoxy) is 1. The molecule has 0 saturated carbocycles. The first-order valence-electron chi connectivity index (χ1n) is 5.17. The second-order valence-corrected chi connectivity index (χ2v) is 4.04. The molecule has 5 heteroatoms. The summed E-state index contributed by atoms with van der Waals surface area (Å²) < 4.78 is 5.12. The Labute approximate surface area is 88.8 Å². The summed E-state index contributed by atoms with van der Waals surface area (Å²) in [5, 5.41) is 11.4. The van der Waals surface area contributed by atoms with Crippen molar-refractivity contribution < 1.29 is 19.4 Å². The highest BCUT2D eigenvalue weighted by Gasteiger charge is 2.19. The Bertz CT molecular complexity index is 236. The number of carboxylic acids is 1. The molecule has 1 fully saturated rings. The Morgan fingerprint density at radius 1 is 1.53 bits per heavy atom. The lowest BCUT2D eigenvalue weighted by atomic mass is 10.0. The SMILES string of the molecule is CC(CC(=O)O)CC(=O)NC1CCOC1. The van der Waals surface area contributed by atoms with Crippen LogP contribution >= 0.6 is 0 Å². The summed E-state index contributed by atoms with van der Waals surface area (Å²) in [5.41, 5.74) is 0. The molecule has 0 radical (unpaired) electrons. The molecule has 0 bridgehead atoms. The van der Waals surface area contributed by atoms with Crippen LogP contribution in [0, 0.1) is 5.92 Å². The van der Waals surface area contributed by atoms with Gasteiger partial charge in [-0.05, 0) is 12.3 Å². The molecule has 2 N–H and O–H groups in total. The van der Waals surface area contributed by atoms with E-state index in [-0.39, 0.29) is 30.7 Å². The van der Waals surface area contributed by atoms with E-state index in [9.17, 15) is 9.59 Å². The van der Waals surface area contributed by atoms with Gasteiger partial charge in [0.25, 0.3) is 0 Å². The molecule has 0 spiro atoms. The van der Waals surface area contributed by atoms with Crippen molar-refractivity contribution in [3.63, 3.8) is 0 Å². The summed E-state index contributed by atoms with van der Waals surface area (Å²) in [6.07, 6.45) is 1.15. The number of rotatable bonds is 5. The van der Waals surface area contributed by atoms with E-state index in [0.29, 0.717) is 13.2 Å². The lowest BCUT2D eigenvalue weighted by molar-refractivity contribution is -0.138. The van der Waals surface area contributed by atoms with E-state index >= 15 is 0 Å². The van der Waals surface area contributed by atoms with E-state index in [1.165, 1.54) is 0 Å². The Morgan fingerprint density at radius 3 is 2.80 bits per heavy atom. The fourth-order valence-corrected chi connectivity index (χ4v) is 1.62. The number of amides is 1. The first-order chi connectivity index (χ1) is 7.08. The number of carbonyl (C=O) groups is 2. The lowest BCUT2D eigenvalue weighted by Crippen LogP contribution is -2.35. The summed E-state index contributed by atoms with van der Waals surface area (Å²) in [7, 11) is 0. The molecular formula is C10H17NO4. The maximum Gasteiger partial charge on any atom is 0.303 e. The van der Waals surface area contributed by atoms with Crippen molar-refractivity contribution in [2.75, 3.05) is 13.2 Å². The van der Waals surface area contributed by atoms with Crippen LogP contribution in [-0.2, 0) is 14.3 Å². The van der Waals surface area contributed by atoms with Crippen LogP contribution in [-0.4, -0.2) is 36.2 Å². The minimum absolute atomic E-state index is 0.0363. The first kappa shape index (κ1) is 12.0. The monoisotopic (exact) mass is 215 g/mol. The van der Waals surface area contributed by atoms with Gasteiger partial charge in [-0.2, -0.15) is 0 Å². The Balaban J connectivity index is 2.19. The van der Waals surface area contributed by atoms with E-state index in [2.05, 4.69) is 5.32 Å². The normalized spacial score (nSPS) is 22.3. The minimum Gasteiger partial charge on any atom is -0.481 e. The summed E-state index contributed by atoms with van der Waals surface area (Å²) >= 11 is 0. The van der Waals surface area contributed by atoms with E-state index < -0.39 is 5.97 Å². The van der Waals surface area contributed by atoms with E-state index in [0.717, 1.165) is 6.42 Å². The van der Waals surface area contributed by atoms with Crippen LogP contribution in [0.5, 0.6) is 0 Å². The van der Waals surface area contributed by atoms with Crippen LogP contribution < -0.4 is 5.32 Å². The van der Waals surface area contributed by atoms with Gasteiger partial charge in [0.2, 0.25) is 5.91 Å². The molecule has 0 aromatic heterocycles. The zero-order chi connectivity index (χ0) is 11.3. The van der Waals surface area contributed by atoms with Crippen molar-refractivity contribution in [3.05, 3.63) is 0 Å². The molecule has 1 amide bonds. The zero-order valence-electron chi connectivity index (χ0n) is 8.86. The molecule has 1 heterocycles. The molecule has 0 aromatic rings. The van der Waals surface area contributed by atoms with Gasteiger partial charge in [-0.1, -0.05) is 6.92 Å². The van der Waals surface area contributed by atoms with Gasteiger partial charge in [0.1, 0.15) is 0 Å². The number of carboxylic acid groups (broad SMARTS) is 1. The van der Waals surface area contributed by atoms with Gasteiger partial charge < -0.3 is 15.2 Å². The molecule has 1 aliphatic heterocycles. The Hall–Kier alpha value is -1.10. The third kappa shape index (κ3) is 4.78. The fourth-order valence-electron chi connectivity index (χ4n) is 1.62. The van der Waals surface area contributed by atoms with Gasteiger partial charge in [0, 0.05) is 19.4 Å². The predicted molar refractivity (Wildman–Crippen MR) is 53.4 cm³/mol. The molecule has 2 unspecified atom stereocenters. The molecule has 1 aliphatic rings. The molecule has 5 nitrogen and oxygen atoms in total. The maximum absolute atomic E-state index is 11.4. The largest absolute Gasteiger partial charge is 0.481 e. The molecule has 1 saturated heterocycles. The number of carbonyl (C=O) groups excluding carboxylic acids is 1. The van der Waals surface area contributed by atoms with Gasteiger partial charge in [-0.3, -0.25) is 9.59 Å². The second-order valence-electron chi connectivity index (χ2n) is 4.04. The van der Waals surface area contributed by atoms with Gasteiger partial charge >= 0.3 is 5.97 Å². The van der Waals surface area contributed by atoms with Crippen molar-refractivity contribution in [2.45, 2.75) is 32.2 Å². The van der Waals surface area contributed by atoms with Crippen molar-refractivity contribution in [1.29, 1.82) is 0 Å². The maximum atomic E-state index is 11.4. The highest BCUT2D eigenvalue weighted by Crippen LogP contribution is 2.09. The molecule has 2 atom stereocenters. The molecule has 0 aliphatic carbocycles. The van der Waals surface area contributed by atoms with Crippen LogP contribution in [0.4, 0.5) is 0 Å². The minimum atomic E-state index is -0.862. The summed E-state index contributed by atoms with van der Waals surface area (Å²) in [6, 6.07) is 0.106. The predicted octanol–water partition coefficient (Wildman–Crippen LogP) is 0.392. The standard InChI is InChI=1S/C10H17NO4/c1-7(5-10(13)14)4-9(12)11-8-2-3-15-6-8/h7-8H,2-6H2,1H3,(H,11,12)(H,13,14). The smallest absolute Gasteiger partial charge is 0.303 e. The number of aliphatic carboxylic acids is 1. The van der Waals surface area contributed by atoms with Crippen LogP contribution in [0.2, 0.25) is 0 Å². The topological polar surface area (TPSA) is 75.6 Å². The van der Waals surface area contributed by atoms with E-state index in [1.807, 2.05) is 0 Å². The number of hydrogen-bond acceptors (Lipinski definition) is 3. The molecular weight excluding hydrogens is 198 g/mol.